The van der Waals surface area contributed by atoms with E-state index in [-0.39, 0.29) is 0 Å². The Balaban J connectivity index is 1.23. The van der Waals surface area contributed by atoms with Crippen molar-refractivity contribution in [3.63, 3.8) is 0 Å². The van der Waals surface area contributed by atoms with Gasteiger partial charge in [0.25, 0.3) is 0 Å². The average Bonchev–Trinajstić information content (AvgIpc) is 3.49. The van der Waals surface area contributed by atoms with Gasteiger partial charge in [-0.15, -0.1) is 11.3 Å². The zero-order valence-electron chi connectivity index (χ0n) is 17.9. The Hall–Kier alpha value is -2.15. The molecule has 0 aliphatic carbocycles. The third-order valence-electron chi connectivity index (χ3n) is 5.64. The first-order valence-electron chi connectivity index (χ1n) is 10.8. The van der Waals surface area contributed by atoms with E-state index < -0.39 is 0 Å². The van der Waals surface area contributed by atoms with Gasteiger partial charge in [0, 0.05) is 30.1 Å². The summed E-state index contributed by atoms with van der Waals surface area (Å²) in [7, 11) is 2.08. The van der Waals surface area contributed by atoms with Crippen molar-refractivity contribution in [2.75, 3.05) is 26.7 Å². The van der Waals surface area contributed by atoms with E-state index in [0.717, 1.165) is 66.5 Å². The molecule has 1 aliphatic heterocycles. The van der Waals surface area contributed by atoms with E-state index >= 15 is 0 Å². The Morgan fingerprint density at radius 1 is 1.23 bits per heavy atom. The SMILES string of the molecule is CC1CCCN1CCCOc1ccc(-c2nc(CN(C)Cc3ccco3)cs2)cc1. The number of ether oxygens (including phenoxy) is 1. The van der Waals surface area contributed by atoms with Crippen LogP contribution in [0.25, 0.3) is 10.6 Å². The number of hydrogen-bond acceptors (Lipinski definition) is 6. The lowest BCUT2D eigenvalue weighted by Crippen LogP contribution is -2.28. The molecule has 6 heteroatoms. The summed E-state index contributed by atoms with van der Waals surface area (Å²) >= 11 is 1.69. The van der Waals surface area contributed by atoms with Crippen LogP contribution in [0, 0.1) is 0 Å². The molecule has 2 aromatic heterocycles. The molecule has 0 saturated carbocycles. The van der Waals surface area contributed by atoms with Crippen LogP contribution in [0.2, 0.25) is 0 Å². The highest BCUT2D eigenvalue weighted by molar-refractivity contribution is 7.13. The molecule has 1 fully saturated rings. The van der Waals surface area contributed by atoms with Crippen LogP contribution in [0.4, 0.5) is 0 Å². The maximum atomic E-state index is 5.94. The fourth-order valence-electron chi connectivity index (χ4n) is 3.99. The number of benzene rings is 1. The minimum atomic E-state index is 0.734. The molecule has 5 nitrogen and oxygen atoms in total. The van der Waals surface area contributed by atoms with Gasteiger partial charge >= 0.3 is 0 Å². The summed E-state index contributed by atoms with van der Waals surface area (Å²) in [5, 5.41) is 3.18. The van der Waals surface area contributed by atoms with Crippen LogP contribution >= 0.6 is 11.3 Å². The molecular formula is C24H31N3O2S. The van der Waals surface area contributed by atoms with Gasteiger partial charge in [0.2, 0.25) is 0 Å². The van der Waals surface area contributed by atoms with Crippen LogP contribution in [0.5, 0.6) is 5.75 Å². The second kappa shape index (κ2) is 10.2. The maximum absolute atomic E-state index is 5.94. The van der Waals surface area contributed by atoms with Crippen molar-refractivity contribution in [1.82, 2.24) is 14.8 Å². The van der Waals surface area contributed by atoms with Crippen LogP contribution in [-0.4, -0.2) is 47.6 Å². The molecule has 0 amide bonds. The highest BCUT2D eigenvalue weighted by Crippen LogP contribution is 2.26. The topological polar surface area (TPSA) is 41.7 Å². The normalized spacial score (nSPS) is 17.1. The maximum Gasteiger partial charge on any atom is 0.123 e. The molecule has 0 spiro atoms. The van der Waals surface area contributed by atoms with Crippen molar-refractivity contribution in [1.29, 1.82) is 0 Å². The predicted molar refractivity (Wildman–Crippen MR) is 122 cm³/mol. The zero-order chi connectivity index (χ0) is 20.8. The van der Waals surface area contributed by atoms with Crippen LogP contribution < -0.4 is 4.74 Å². The number of aromatic nitrogens is 1. The molecule has 1 aliphatic rings. The Bertz CT molecular complexity index is 892. The van der Waals surface area contributed by atoms with Crippen LogP contribution in [0.3, 0.4) is 0 Å². The molecule has 1 aromatic carbocycles. The molecule has 0 bridgehead atoms. The molecular weight excluding hydrogens is 394 g/mol. The van der Waals surface area contributed by atoms with Gasteiger partial charge < -0.3 is 14.1 Å². The van der Waals surface area contributed by atoms with Crippen molar-refractivity contribution in [3.8, 4) is 16.3 Å². The summed E-state index contributed by atoms with van der Waals surface area (Å²) in [6.45, 7) is 7.05. The van der Waals surface area contributed by atoms with E-state index in [0.29, 0.717) is 0 Å². The monoisotopic (exact) mass is 425 g/mol. The smallest absolute Gasteiger partial charge is 0.123 e. The molecule has 30 heavy (non-hydrogen) atoms. The predicted octanol–water partition coefficient (Wildman–Crippen LogP) is 5.29. The lowest BCUT2D eigenvalue weighted by molar-refractivity contribution is 0.230. The van der Waals surface area contributed by atoms with E-state index in [4.69, 9.17) is 14.1 Å². The molecule has 4 rings (SSSR count). The second-order valence-electron chi connectivity index (χ2n) is 8.15. The van der Waals surface area contributed by atoms with E-state index in [1.165, 1.54) is 19.4 Å². The van der Waals surface area contributed by atoms with E-state index in [2.05, 4.69) is 53.4 Å². The Kier molecular flexibility index (Phi) is 7.20. The van der Waals surface area contributed by atoms with Crippen molar-refractivity contribution in [3.05, 3.63) is 59.5 Å². The number of hydrogen-bond donors (Lipinski definition) is 0. The summed E-state index contributed by atoms with van der Waals surface area (Å²) in [5.41, 5.74) is 2.22. The molecule has 1 saturated heterocycles. The molecule has 160 valence electrons. The Labute approximate surface area is 183 Å². The van der Waals surface area contributed by atoms with Crippen molar-refractivity contribution in [2.45, 2.75) is 45.3 Å². The summed E-state index contributed by atoms with van der Waals surface area (Å²) in [6.07, 6.45) is 5.46. The number of furan rings is 1. The summed E-state index contributed by atoms with van der Waals surface area (Å²) in [5.74, 6) is 1.90. The first-order valence-corrected chi connectivity index (χ1v) is 11.7. The van der Waals surface area contributed by atoms with Gasteiger partial charge in [0.1, 0.15) is 16.5 Å². The van der Waals surface area contributed by atoms with Gasteiger partial charge in [-0.2, -0.15) is 0 Å². The largest absolute Gasteiger partial charge is 0.494 e. The quantitative estimate of drug-likeness (QED) is 0.413. The van der Waals surface area contributed by atoms with Gasteiger partial charge in [0.05, 0.1) is 25.1 Å². The summed E-state index contributed by atoms with van der Waals surface area (Å²) in [4.78, 5) is 9.58. The van der Waals surface area contributed by atoms with Crippen LogP contribution in [0.1, 0.15) is 37.6 Å². The molecule has 0 radical (unpaired) electrons. The Morgan fingerprint density at radius 2 is 2.10 bits per heavy atom. The first-order chi connectivity index (χ1) is 14.7. The van der Waals surface area contributed by atoms with Crippen molar-refractivity contribution in [2.24, 2.45) is 0 Å². The zero-order valence-corrected chi connectivity index (χ0v) is 18.7. The fraction of sp³-hybridized carbons (Fsp3) is 0.458. The number of likely N-dealkylation sites (tertiary alicyclic amines) is 1. The average molecular weight is 426 g/mol. The van der Waals surface area contributed by atoms with Crippen molar-refractivity contribution < 1.29 is 9.15 Å². The molecule has 3 heterocycles. The fourth-order valence-corrected chi connectivity index (χ4v) is 4.81. The minimum Gasteiger partial charge on any atom is -0.494 e. The summed E-state index contributed by atoms with van der Waals surface area (Å²) in [6, 6.07) is 13.0. The van der Waals surface area contributed by atoms with Gasteiger partial charge in [-0.05, 0) is 76.2 Å². The van der Waals surface area contributed by atoms with Crippen LogP contribution in [0.15, 0.2) is 52.5 Å². The number of nitrogens with zero attached hydrogens (tertiary/aromatic N) is 3. The minimum absolute atomic E-state index is 0.734. The second-order valence-corrected chi connectivity index (χ2v) is 9.01. The van der Waals surface area contributed by atoms with E-state index in [1.54, 1.807) is 17.6 Å². The lowest BCUT2D eigenvalue weighted by atomic mass is 10.2. The highest BCUT2D eigenvalue weighted by atomic mass is 32.1. The number of thiazole rings is 1. The lowest BCUT2D eigenvalue weighted by Gasteiger charge is -2.20. The molecule has 1 atom stereocenters. The molecule has 1 unspecified atom stereocenters. The molecule has 3 aromatic rings. The summed E-state index contributed by atoms with van der Waals surface area (Å²) < 4.78 is 11.4. The first kappa shape index (κ1) is 21.1. The number of rotatable bonds is 10. The van der Waals surface area contributed by atoms with E-state index in [9.17, 15) is 0 Å². The van der Waals surface area contributed by atoms with Gasteiger partial charge in [0.15, 0.2) is 0 Å². The standard InChI is InChI=1S/C24H31N3O2S/c1-19-6-3-12-27(19)13-5-15-28-22-10-8-20(9-11-22)24-25-21(18-30-24)16-26(2)17-23-7-4-14-29-23/h4,7-11,14,18-19H,3,5-6,12-13,15-17H2,1-2H3. The third-order valence-corrected chi connectivity index (χ3v) is 6.58. The third kappa shape index (κ3) is 5.72. The van der Waals surface area contributed by atoms with Crippen LogP contribution in [-0.2, 0) is 13.1 Å². The Morgan fingerprint density at radius 3 is 2.83 bits per heavy atom. The van der Waals surface area contributed by atoms with Gasteiger partial charge in [-0.1, -0.05) is 0 Å². The van der Waals surface area contributed by atoms with Crippen molar-refractivity contribution >= 4 is 11.3 Å². The van der Waals surface area contributed by atoms with Gasteiger partial charge in [-0.3, -0.25) is 4.90 Å². The van der Waals surface area contributed by atoms with Gasteiger partial charge in [-0.25, -0.2) is 4.98 Å². The highest BCUT2D eigenvalue weighted by Gasteiger charge is 2.19. The van der Waals surface area contributed by atoms with E-state index in [1.807, 2.05) is 12.1 Å². The molecule has 0 N–H and O–H groups in total.